The van der Waals surface area contributed by atoms with E-state index in [1.807, 2.05) is 30.3 Å². The van der Waals surface area contributed by atoms with Gasteiger partial charge in [-0.1, -0.05) is 25.5 Å². The number of benzene rings is 2. The molecular formula is C19H22N4O. The molecule has 0 spiro atoms. The first-order chi connectivity index (χ1) is 11.6. The second-order valence-electron chi connectivity index (χ2n) is 5.99. The molecular weight excluding hydrogens is 300 g/mol. The number of nitrogen functional groups attached to an aromatic ring is 1. The molecule has 3 aromatic rings. The second kappa shape index (κ2) is 7.17. The van der Waals surface area contributed by atoms with Gasteiger partial charge in [0.05, 0.1) is 17.5 Å². The number of imidazole rings is 1. The summed E-state index contributed by atoms with van der Waals surface area (Å²) in [6.07, 6.45) is 3.53. The molecule has 0 aliphatic rings. The number of aryl methyl sites for hydroxylation is 1. The molecule has 4 N–H and O–H groups in total. The Bertz CT molecular complexity index is 836. The van der Waals surface area contributed by atoms with Gasteiger partial charge in [-0.15, -0.1) is 0 Å². The van der Waals surface area contributed by atoms with E-state index in [9.17, 15) is 4.79 Å². The molecule has 0 aliphatic carbocycles. The number of unbranched alkanes of at least 4 members (excludes halogenated alkanes) is 1. The molecule has 0 fully saturated rings. The Morgan fingerprint density at radius 3 is 2.75 bits per heavy atom. The Labute approximate surface area is 141 Å². The van der Waals surface area contributed by atoms with Crippen molar-refractivity contribution in [3.05, 3.63) is 53.9 Å². The smallest absolute Gasteiger partial charge is 0.228 e. The maximum Gasteiger partial charge on any atom is 0.228 e. The predicted molar refractivity (Wildman–Crippen MR) is 97.9 cm³/mol. The number of hydrogen-bond acceptors (Lipinski definition) is 3. The highest BCUT2D eigenvalue weighted by molar-refractivity contribution is 5.94. The fourth-order valence-corrected chi connectivity index (χ4v) is 2.63. The van der Waals surface area contributed by atoms with E-state index in [1.165, 1.54) is 0 Å². The van der Waals surface area contributed by atoms with Crippen molar-refractivity contribution in [2.24, 2.45) is 0 Å². The van der Waals surface area contributed by atoms with E-state index >= 15 is 0 Å². The highest BCUT2D eigenvalue weighted by Crippen LogP contribution is 2.18. The van der Waals surface area contributed by atoms with Crippen molar-refractivity contribution in [2.45, 2.75) is 32.6 Å². The Morgan fingerprint density at radius 1 is 1.21 bits per heavy atom. The molecule has 0 radical (unpaired) electrons. The van der Waals surface area contributed by atoms with Crippen molar-refractivity contribution in [2.75, 3.05) is 11.1 Å². The lowest BCUT2D eigenvalue weighted by atomic mass is 10.1. The lowest BCUT2D eigenvalue weighted by Gasteiger charge is -2.05. The number of amides is 1. The first-order valence-electron chi connectivity index (χ1n) is 8.27. The van der Waals surface area contributed by atoms with Crippen molar-refractivity contribution >= 4 is 28.3 Å². The van der Waals surface area contributed by atoms with Crippen LogP contribution in [-0.4, -0.2) is 15.9 Å². The highest BCUT2D eigenvalue weighted by Gasteiger charge is 2.07. The molecule has 24 heavy (non-hydrogen) atoms. The van der Waals surface area contributed by atoms with Gasteiger partial charge in [0, 0.05) is 17.8 Å². The molecule has 124 valence electrons. The standard InChI is InChI=1S/C19H22N4O/c1-2-3-4-18-22-16-10-9-15(12-17(16)23-18)21-19(24)11-13-5-7-14(20)8-6-13/h5-10,12H,2-4,11,20H2,1H3,(H,21,24)(H,22,23). The number of H-pyrrole nitrogens is 1. The van der Waals surface area contributed by atoms with Gasteiger partial charge in [-0.2, -0.15) is 0 Å². The van der Waals surface area contributed by atoms with Crippen LogP contribution in [0.3, 0.4) is 0 Å². The average Bonchev–Trinajstić information content (AvgIpc) is 2.97. The van der Waals surface area contributed by atoms with E-state index in [1.54, 1.807) is 12.1 Å². The molecule has 0 atom stereocenters. The van der Waals surface area contributed by atoms with E-state index in [4.69, 9.17) is 5.73 Å². The zero-order chi connectivity index (χ0) is 16.9. The van der Waals surface area contributed by atoms with Crippen LogP contribution in [0.5, 0.6) is 0 Å². The Hall–Kier alpha value is -2.82. The lowest BCUT2D eigenvalue weighted by Crippen LogP contribution is -2.14. The average molecular weight is 322 g/mol. The van der Waals surface area contributed by atoms with E-state index < -0.39 is 0 Å². The number of hydrogen-bond donors (Lipinski definition) is 3. The van der Waals surface area contributed by atoms with E-state index in [2.05, 4.69) is 22.2 Å². The van der Waals surface area contributed by atoms with Gasteiger partial charge in [0.15, 0.2) is 0 Å². The van der Waals surface area contributed by atoms with Gasteiger partial charge < -0.3 is 16.0 Å². The van der Waals surface area contributed by atoms with Gasteiger partial charge >= 0.3 is 0 Å². The SMILES string of the molecule is CCCCc1nc2ccc(NC(=O)Cc3ccc(N)cc3)cc2[nH]1. The van der Waals surface area contributed by atoms with Crippen molar-refractivity contribution in [1.82, 2.24) is 9.97 Å². The first-order valence-corrected chi connectivity index (χ1v) is 8.27. The monoisotopic (exact) mass is 322 g/mol. The molecule has 0 saturated carbocycles. The molecule has 0 aliphatic heterocycles. The number of nitrogens with zero attached hydrogens (tertiary/aromatic N) is 1. The van der Waals surface area contributed by atoms with Crippen LogP contribution in [0.1, 0.15) is 31.2 Å². The normalized spacial score (nSPS) is 10.9. The van der Waals surface area contributed by atoms with Gasteiger partial charge in [-0.05, 0) is 42.3 Å². The maximum absolute atomic E-state index is 12.2. The summed E-state index contributed by atoms with van der Waals surface area (Å²) in [6, 6.07) is 13.1. The highest BCUT2D eigenvalue weighted by atomic mass is 16.1. The fourth-order valence-electron chi connectivity index (χ4n) is 2.63. The number of carbonyl (C=O) groups is 1. The molecule has 1 aromatic heterocycles. The van der Waals surface area contributed by atoms with Crippen LogP contribution in [0, 0.1) is 0 Å². The number of nitrogens with two attached hydrogens (primary N) is 1. The summed E-state index contributed by atoms with van der Waals surface area (Å²) < 4.78 is 0. The van der Waals surface area contributed by atoms with E-state index in [-0.39, 0.29) is 5.91 Å². The van der Waals surface area contributed by atoms with Crippen LogP contribution in [0.15, 0.2) is 42.5 Å². The van der Waals surface area contributed by atoms with Gasteiger partial charge in [0.1, 0.15) is 5.82 Å². The summed E-state index contributed by atoms with van der Waals surface area (Å²) in [5, 5.41) is 2.93. The molecule has 3 rings (SSSR count). The molecule has 0 unspecified atom stereocenters. The summed E-state index contributed by atoms with van der Waals surface area (Å²) in [7, 11) is 0. The summed E-state index contributed by atoms with van der Waals surface area (Å²) in [6.45, 7) is 2.16. The van der Waals surface area contributed by atoms with Crippen molar-refractivity contribution < 1.29 is 4.79 Å². The molecule has 2 aromatic carbocycles. The van der Waals surface area contributed by atoms with Gasteiger partial charge in [0.25, 0.3) is 0 Å². The van der Waals surface area contributed by atoms with Crippen LogP contribution in [0.2, 0.25) is 0 Å². The molecule has 5 nitrogen and oxygen atoms in total. The predicted octanol–water partition coefficient (Wildman–Crippen LogP) is 3.67. The summed E-state index contributed by atoms with van der Waals surface area (Å²) in [5.74, 6) is 0.946. The summed E-state index contributed by atoms with van der Waals surface area (Å²) in [4.78, 5) is 20.1. The summed E-state index contributed by atoms with van der Waals surface area (Å²) >= 11 is 0. The molecule has 1 amide bonds. The summed E-state index contributed by atoms with van der Waals surface area (Å²) in [5.41, 5.74) is 9.94. The minimum absolute atomic E-state index is 0.0511. The van der Waals surface area contributed by atoms with Crippen molar-refractivity contribution in [3.63, 3.8) is 0 Å². The third-order valence-electron chi connectivity index (χ3n) is 3.93. The second-order valence-corrected chi connectivity index (χ2v) is 5.99. The van der Waals surface area contributed by atoms with E-state index in [0.717, 1.165) is 47.4 Å². The maximum atomic E-state index is 12.2. The third-order valence-corrected chi connectivity index (χ3v) is 3.93. The molecule has 1 heterocycles. The number of anilines is 2. The number of fused-ring (bicyclic) bond motifs is 1. The van der Waals surface area contributed by atoms with Crippen molar-refractivity contribution in [3.8, 4) is 0 Å². The molecule has 0 saturated heterocycles. The number of aromatic amines is 1. The van der Waals surface area contributed by atoms with E-state index in [0.29, 0.717) is 12.1 Å². The number of carbonyl (C=O) groups excluding carboxylic acids is 1. The Morgan fingerprint density at radius 2 is 2.00 bits per heavy atom. The van der Waals surface area contributed by atoms with Crippen LogP contribution >= 0.6 is 0 Å². The Balaban J connectivity index is 1.67. The zero-order valence-corrected chi connectivity index (χ0v) is 13.8. The van der Waals surface area contributed by atoms with Gasteiger partial charge in [-0.3, -0.25) is 4.79 Å². The molecule has 0 bridgehead atoms. The minimum atomic E-state index is -0.0511. The third kappa shape index (κ3) is 3.93. The largest absolute Gasteiger partial charge is 0.399 e. The topological polar surface area (TPSA) is 83.8 Å². The first kappa shape index (κ1) is 16.1. The number of aromatic nitrogens is 2. The Kier molecular flexibility index (Phi) is 4.79. The minimum Gasteiger partial charge on any atom is -0.399 e. The van der Waals surface area contributed by atoms with Crippen LogP contribution in [0.4, 0.5) is 11.4 Å². The van der Waals surface area contributed by atoms with Crippen LogP contribution < -0.4 is 11.1 Å². The number of rotatable bonds is 6. The van der Waals surface area contributed by atoms with Crippen LogP contribution in [-0.2, 0) is 17.6 Å². The van der Waals surface area contributed by atoms with Gasteiger partial charge in [-0.25, -0.2) is 4.98 Å². The zero-order valence-electron chi connectivity index (χ0n) is 13.8. The lowest BCUT2D eigenvalue weighted by molar-refractivity contribution is -0.115. The van der Waals surface area contributed by atoms with Crippen LogP contribution in [0.25, 0.3) is 11.0 Å². The van der Waals surface area contributed by atoms with Gasteiger partial charge in [0.2, 0.25) is 5.91 Å². The van der Waals surface area contributed by atoms with Crippen molar-refractivity contribution in [1.29, 1.82) is 0 Å². The molecule has 5 heteroatoms. The number of nitrogens with one attached hydrogen (secondary N) is 2. The fraction of sp³-hybridized carbons (Fsp3) is 0.263. The quantitative estimate of drug-likeness (QED) is 0.605.